The van der Waals surface area contributed by atoms with Crippen molar-refractivity contribution in [3.05, 3.63) is 29.5 Å². The number of carbonyl (C=O) groups is 1. The summed E-state index contributed by atoms with van der Waals surface area (Å²) in [6, 6.07) is 5.72. The Kier molecular flexibility index (Phi) is 3.38. The molecule has 2 heterocycles. The van der Waals surface area contributed by atoms with Crippen LogP contribution in [0.1, 0.15) is 11.3 Å². The highest BCUT2D eigenvalue weighted by Gasteiger charge is 2.05. The number of nitrogens with one attached hydrogen (secondary N) is 1. The van der Waals surface area contributed by atoms with Crippen molar-refractivity contribution in [1.82, 2.24) is 9.97 Å². The largest absolute Gasteiger partial charge is 0.310 e. The van der Waals surface area contributed by atoms with E-state index in [2.05, 4.69) is 31.2 Å². The normalized spacial score (nSPS) is 10.5. The van der Waals surface area contributed by atoms with E-state index in [-0.39, 0.29) is 11.2 Å². The van der Waals surface area contributed by atoms with Gasteiger partial charge in [-0.3, -0.25) is 4.79 Å². The molecule has 2 rings (SSSR count). The third-order valence-corrected chi connectivity index (χ3v) is 2.91. The average Bonchev–Trinajstić information content (AvgIpc) is 2.28. The zero-order valence-corrected chi connectivity index (χ0v) is 11.2. The van der Waals surface area contributed by atoms with Crippen molar-refractivity contribution in [3.8, 4) is 0 Å². The summed E-state index contributed by atoms with van der Waals surface area (Å²) in [4.78, 5) is 19.9. The molecule has 0 bridgehead atoms. The molecule has 0 aliphatic heterocycles. The van der Waals surface area contributed by atoms with E-state index in [9.17, 15) is 4.79 Å². The number of rotatable bonds is 2. The number of anilines is 1. The van der Waals surface area contributed by atoms with Crippen molar-refractivity contribution in [1.29, 1.82) is 0 Å². The topological polar surface area (TPSA) is 54.9 Å². The zero-order valence-electron chi connectivity index (χ0n) is 9.62. The van der Waals surface area contributed by atoms with Gasteiger partial charge in [-0.05, 0) is 37.6 Å². The molecule has 0 unspecified atom stereocenters. The lowest BCUT2D eigenvalue weighted by atomic mass is 10.1. The number of alkyl halides is 1. The molecule has 0 radical (unpaired) electrons. The standard InChI is InChI=1S/C12H12BrN3O/c1-7-5-8(2)14-12-9(7)3-4-10(16-12)15-11(17)6-13/h3-5H,6H2,1-2H3,(H,14,15,16,17). The molecule has 0 fully saturated rings. The molecule has 0 spiro atoms. The molecule has 1 N–H and O–H groups in total. The van der Waals surface area contributed by atoms with Crippen LogP contribution in [0.25, 0.3) is 11.0 Å². The van der Waals surface area contributed by atoms with Crippen molar-refractivity contribution in [3.63, 3.8) is 0 Å². The second-order valence-corrected chi connectivity index (χ2v) is 4.39. The minimum absolute atomic E-state index is 0.124. The molecule has 5 heteroatoms. The number of fused-ring (bicyclic) bond motifs is 1. The Labute approximate surface area is 108 Å². The first kappa shape index (κ1) is 12.0. The lowest BCUT2D eigenvalue weighted by molar-refractivity contribution is -0.113. The molecule has 4 nitrogen and oxygen atoms in total. The molecule has 0 aromatic carbocycles. The summed E-state index contributed by atoms with van der Waals surface area (Å²) < 4.78 is 0. The summed E-state index contributed by atoms with van der Waals surface area (Å²) >= 11 is 3.09. The van der Waals surface area contributed by atoms with Crippen LogP contribution in [0.3, 0.4) is 0 Å². The van der Waals surface area contributed by atoms with Gasteiger partial charge in [0.1, 0.15) is 5.82 Å². The highest BCUT2D eigenvalue weighted by atomic mass is 79.9. The Morgan fingerprint density at radius 2 is 2.12 bits per heavy atom. The number of halogens is 1. The molecule has 2 aromatic rings. The Bertz CT molecular complexity index is 583. The third-order valence-electron chi connectivity index (χ3n) is 2.40. The van der Waals surface area contributed by atoms with Gasteiger partial charge in [-0.15, -0.1) is 0 Å². The number of carbonyl (C=O) groups excluding carboxylic acids is 1. The number of aromatic nitrogens is 2. The summed E-state index contributed by atoms with van der Waals surface area (Å²) in [5.74, 6) is 0.403. The van der Waals surface area contributed by atoms with E-state index in [1.54, 1.807) is 6.07 Å². The van der Waals surface area contributed by atoms with Crippen molar-refractivity contribution in [2.24, 2.45) is 0 Å². The molecular weight excluding hydrogens is 282 g/mol. The maximum atomic E-state index is 11.2. The lowest BCUT2D eigenvalue weighted by Crippen LogP contribution is -2.13. The summed E-state index contributed by atoms with van der Waals surface area (Å²) in [6.07, 6.45) is 0. The third kappa shape index (κ3) is 2.61. The Morgan fingerprint density at radius 1 is 1.35 bits per heavy atom. The molecule has 0 atom stereocenters. The minimum Gasteiger partial charge on any atom is -0.310 e. The first-order chi connectivity index (χ1) is 8.10. The number of amides is 1. The monoisotopic (exact) mass is 293 g/mol. The molecule has 1 amide bonds. The molecule has 0 saturated heterocycles. The van der Waals surface area contributed by atoms with Gasteiger partial charge in [-0.25, -0.2) is 9.97 Å². The number of hydrogen-bond acceptors (Lipinski definition) is 3. The lowest BCUT2D eigenvalue weighted by Gasteiger charge is -2.06. The van der Waals surface area contributed by atoms with Crippen LogP contribution in [0, 0.1) is 13.8 Å². The number of pyridine rings is 2. The SMILES string of the molecule is Cc1cc(C)c2ccc(NC(=O)CBr)nc2n1. The molecular formula is C12H12BrN3O. The minimum atomic E-state index is -0.124. The Morgan fingerprint density at radius 3 is 2.82 bits per heavy atom. The second-order valence-electron chi connectivity index (χ2n) is 3.83. The summed E-state index contributed by atoms with van der Waals surface area (Å²) in [5.41, 5.74) is 2.72. The average molecular weight is 294 g/mol. The van der Waals surface area contributed by atoms with Crippen LogP contribution in [0.2, 0.25) is 0 Å². The fourth-order valence-electron chi connectivity index (χ4n) is 1.68. The van der Waals surface area contributed by atoms with Crippen molar-refractivity contribution in [2.45, 2.75) is 13.8 Å². The highest BCUT2D eigenvalue weighted by Crippen LogP contribution is 2.18. The number of aryl methyl sites for hydroxylation is 2. The van der Waals surface area contributed by atoms with Gasteiger partial charge in [0.25, 0.3) is 0 Å². The van der Waals surface area contributed by atoms with Gasteiger partial charge in [0.15, 0.2) is 5.65 Å². The van der Waals surface area contributed by atoms with Crippen LogP contribution in [-0.4, -0.2) is 21.2 Å². The zero-order chi connectivity index (χ0) is 12.4. The fourth-order valence-corrected chi connectivity index (χ4v) is 1.82. The molecule has 88 valence electrons. The fraction of sp³-hybridized carbons (Fsp3) is 0.250. The predicted molar refractivity (Wildman–Crippen MR) is 71.4 cm³/mol. The van der Waals surface area contributed by atoms with E-state index in [0.29, 0.717) is 11.5 Å². The van der Waals surface area contributed by atoms with Gasteiger partial charge in [0, 0.05) is 11.1 Å². The second kappa shape index (κ2) is 4.79. The van der Waals surface area contributed by atoms with E-state index in [1.165, 1.54) is 0 Å². The van der Waals surface area contributed by atoms with Gasteiger partial charge in [-0.2, -0.15) is 0 Å². The quantitative estimate of drug-likeness (QED) is 0.866. The molecule has 2 aromatic heterocycles. The van der Waals surface area contributed by atoms with Crippen LogP contribution in [0.4, 0.5) is 5.82 Å². The first-order valence-corrected chi connectivity index (χ1v) is 6.33. The Hall–Kier alpha value is -1.49. The van der Waals surface area contributed by atoms with Crippen LogP contribution < -0.4 is 5.32 Å². The molecule has 0 saturated carbocycles. The highest BCUT2D eigenvalue weighted by molar-refractivity contribution is 9.09. The van der Waals surface area contributed by atoms with Crippen LogP contribution in [-0.2, 0) is 4.79 Å². The van der Waals surface area contributed by atoms with E-state index in [4.69, 9.17) is 0 Å². The van der Waals surface area contributed by atoms with E-state index >= 15 is 0 Å². The number of nitrogens with zero attached hydrogens (tertiary/aromatic N) is 2. The van der Waals surface area contributed by atoms with Gasteiger partial charge in [0.2, 0.25) is 5.91 Å². The summed E-state index contributed by atoms with van der Waals surface area (Å²) in [5, 5.41) is 3.95. The van der Waals surface area contributed by atoms with Crippen molar-refractivity contribution >= 4 is 38.7 Å². The summed E-state index contributed by atoms with van der Waals surface area (Å²) in [7, 11) is 0. The van der Waals surface area contributed by atoms with Gasteiger partial charge in [0.05, 0.1) is 5.33 Å². The first-order valence-electron chi connectivity index (χ1n) is 5.21. The van der Waals surface area contributed by atoms with E-state index in [1.807, 2.05) is 26.0 Å². The van der Waals surface area contributed by atoms with E-state index < -0.39 is 0 Å². The maximum absolute atomic E-state index is 11.2. The summed E-state index contributed by atoms with van der Waals surface area (Å²) in [6.45, 7) is 3.95. The van der Waals surface area contributed by atoms with Crippen molar-refractivity contribution in [2.75, 3.05) is 10.6 Å². The van der Waals surface area contributed by atoms with Crippen LogP contribution in [0.15, 0.2) is 18.2 Å². The maximum Gasteiger partial charge on any atom is 0.236 e. The van der Waals surface area contributed by atoms with E-state index in [0.717, 1.165) is 16.6 Å². The smallest absolute Gasteiger partial charge is 0.236 e. The predicted octanol–water partition coefficient (Wildman–Crippen LogP) is 2.58. The van der Waals surface area contributed by atoms with Crippen LogP contribution in [0.5, 0.6) is 0 Å². The van der Waals surface area contributed by atoms with Crippen molar-refractivity contribution < 1.29 is 4.79 Å². The Balaban J connectivity index is 2.46. The van der Waals surface area contributed by atoms with Gasteiger partial charge >= 0.3 is 0 Å². The molecule has 0 aliphatic rings. The van der Waals surface area contributed by atoms with Crippen LogP contribution >= 0.6 is 15.9 Å². The molecule has 17 heavy (non-hydrogen) atoms. The molecule has 0 aliphatic carbocycles. The van der Waals surface area contributed by atoms with Gasteiger partial charge in [-0.1, -0.05) is 15.9 Å². The van der Waals surface area contributed by atoms with Gasteiger partial charge < -0.3 is 5.32 Å². The number of hydrogen-bond donors (Lipinski definition) is 1.